The quantitative estimate of drug-likeness (QED) is 0.891. The maximum atomic E-state index is 8.87. The van der Waals surface area contributed by atoms with E-state index in [2.05, 4.69) is 26.1 Å². The predicted octanol–water partition coefficient (Wildman–Crippen LogP) is 1.41. The molecule has 2 aromatic rings. The molecule has 1 unspecified atom stereocenters. The highest BCUT2D eigenvalue weighted by molar-refractivity contribution is 9.10. The van der Waals surface area contributed by atoms with E-state index in [-0.39, 0.29) is 12.5 Å². The van der Waals surface area contributed by atoms with Crippen LogP contribution in [0.25, 0.3) is 0 Å². The summed E-state index contributed by atoms with van der Waals surface area (Å²) in [5.41, 5.74) is 6.64. The lowest BCUT2D eigenvalue weighted by Crippen LogP contribution is -2.14. The molecule has 0 saturated carbocycles. The highest BCUT2D eigenvalue weighted by Gasteiger charge is 2.14. The zero-order chi connectivity index (χ0) is 12.3. The molecule has 0 aliphatic carbocycles. The smallest absolute Gasteiger partial charge is 0.245 e. The van der Waals surface area contributed by atoms with Crippen LogP contribution in [0.2, 0.25) is 0 Å². The molecule has 0 fully saturated rings. The Balaban J connectivity index is 2.14. The molecule has 6 heteroatoms. The van der Waals surface area contributed by atoms with Crippen LogP contribution >= 0.6 is 15.9 Å². The van der Waals surface area contributed by atoms with Gasteiger partial charge in [-0.05, 0) is 11.6 Å². The lowest BCUT2D eigenvalue weighted by atomic mass is 10.1. The van der Waals surface area contributed by atoms with E-state index in [1.54, 1.807) is 0 Å². The Morgan fingerprint density at radius 1 is 1.41 bits per heavy atom. The van der Waals surface area contributed by atoms with Crippen LogP contribution in [-0.4, -0.2) is 21.9 Å². The van der Waals surface area contributed by atoms with E-state index in [9.17, 15) is 0 Å². The van der Waals surface area contributed by atoms with Crippen LogP contribution in [0, 0.1) is 0 Å². The van der Waals surface area contributed by atoms with Crippen molar-refractivity contribution in [3.63, 3.8) is 0 Å². The zero-order valence-electron chi connectivity index (χ0n) is 9.01. The van der Waals surface area contributed by atoms with E-state index in [1.807, 2.05) is 24.3 Å². The van der Waals surface area contributed by atoms with Gasteiger partial charge in [0.2, 0.25) is 5.89 Å². The first-order valence-corrected chi connectivity index (χ1v) is 5.92. The molecule has 3 N–H and O–H groups in total. The monoisotopic (exact) mass is 297 g/mol. The van der Waals surface area contributed by atoms with Crippen molar-refractivity contribution in [1.29, 1.82) is 0 Å². The van der Waals surface area contributed by atoms with Gasteiger partial charge in [-0.25, -0.2) is 0 Å². The summed E-state index contributed by atoms with van der Waals surface area (Å²) in [4.78, 5) is 4.13. The standard InChI is InChI=1S/C11H12BrN3O2/c12-8-4-2-1-3-7(8)5-10-14-11(17-15-10)9(13)6-16/h1-4,9,16H,5-6,13H2. The average Bonchev–Trinajstić information content (AvgIpc) is 2.80. The third kappa shape index (κ3) is 2.91. The zero-order valence-corrected chi connectivity index (χ0v) is 10.6. The Bertz CT molecular complexity index is 501. The number of nitrogens with two attached hydrogens (primary N) is 1. The summed E-state index contributed by atoms with van der Waals surface area (Å²) in [5.74, 6) is 0.811. The van der Waals surface area contributed by atoms with Gasteiger partial charge in [0.25, 0.3) is 0 Å². The van der Waals surface area contributed by atoms with Crippen molar-refractivity contribution in [2.24, 2.45) is 5.73 Å². The van der Waals surface area contributed by atoms with Crippen LogP contribution in [0.3, 0.4) is 0 Å². The fourth-order valence-corrected chi connectivity index (χ4v) is 1.81. The minimum atomic E-state index is -0.615. The molecule has 0 radical (unpaired) electrons. The van der Waals surface area contributed by atoms with Crippen LogP contribution in [0.5, 0.6) is 0 Å². The van der Waals surface area contributed by atoms with Gasteiger partial charge in [-0.2, -0.15) is 4.98 Å². The molecule has 0 aliphatic rings. The first-order valence-electron chi connectivity index (χ1n) is 5.13. The second-order valence-corrected chi connectivity index (χ2v) is 4.46. The van der Waals surface area contributed by atoms with Crippen LogP contribution in [0.1, 0.15) is 23.3 Å². The molecule has 1 atom stereocenters. The molecule has 2 rings (SSSR count). The minimum Gasteiger partial charge on any atom is -0.394 e. The Morgan fingerprint density at radius 2 is 2.18 bits per heavy atom. The first-order chi connectivity index (χ1) is 8.20. The van der Waals surface area contributed by atoms with Crippen molar-refractivity contribution in [2.75, 3.05) is 6.61 Å². The summed E-state index contributed by atoms with van der Waals surface area (Å²) >= 11 is 3.45. The number of aliphatic hydroxyl groups excluding tert-OH is 1. The van der Waals surface area contributed by atoms with Gasteiger partial charge < -0.3 is 15.4 Å². The van der Waals surface area contributed by atoms with Crippen molar-refractivity contribution in [1.82, 2.24) is 10.1 Å². The summed E-state index contributed by atoms with van der Waals surface area (Å²) in [5, 5.41) is 12.7. The molecule has 0 bridgehead atoms. The second kappa shape index (κ2) is 5.39. The average molecular weight is 298 g/mol. The minimum absolute atomic E-state index is 0.212. The highest BCUT2D eigenvalue weighted by Crippen LogP contribution is 2.18. The number of hydrogen-bond acceptors (Lipinski definition) is 5. The van der Waals surface area contributed by atoms with Gasteiger partial charge in [0.05, 0.1) is 6.61 Å². The van der Waals surface area contributed by atoms with E-state index >= 15 is 0 Å². The number of hydrogen-bond donors (Lipinski definition) is 2. The lowest BCUT2D eigenvalue weighted by Gasteiger charge is -2.00. The maximum Gasteiger partial charge on any atom is 0.245 e. The van der Waals surface area contributed by atoms with Crippen LogP contribution in [-0.2, 0) is 6.42 Å². The van der Waals surface area contributed by atoms with E-state index in [0.717, 1.165) is 10.0 Å². The molecule has 1 heterocycles. The Hall–Kier alpha value is -1.24. The third-order valence-corrected chi connectivity index (χ3v) is 3.08. The Morgan fingerprint density at radius 3 is 2.88 bits per heavy atom. The van der Waals surface area contributed by atoms with Gasteiger partial charge in [0.1, 0.15) is 6.04 Å². The fourth-order valence-electron chi connectivity index (χ4n) is 1.38. The molecule has 0 amide bonds. The summed E-state index contributed by atoms with van der Waals surface area (Å²) in [6.45, 7) is -0.212. The molecule has 0 aliphatic heterocycles. The molecule has 0 spiro atoms. The number of benzene rings is 1. The number of nitrogens with zero attached hydrogens (tertiary/aromatic N) is 2. The van der Waals surface area contributed by atoms with Crippen molar-refractivity contribution in [3.05, 3.63) is 46.0 Å². The molecule has 17 heavy (non-hydrogen) atoms. The van der Waals surface area contributed by atoms with E-state index in [4.69, 9.17) is 15.4 Å². The molecule has 0 saturated heterocycles. The topological polar surface area (TPSA) is 85.2 Å². The van der Waals surface area contributed by atoms with Gasteiger partial charge in [0, 0.05) is 10.9 Å². The number of aliphatic hydroxyl groups is 1. The SMILES string of the molecule is NC(CO)c1nc(Cc2ccccc2Br)no1. The van der Waals surface area contributed by atoms with Gasteiger partial charge in [-0.3, -0.25) is 0 Å². The van der Waals surface area contributed by atoms with E-state index in [1.165, 1.54) is 0 Å². The molecular formula is C11H12BrN3O2. The van der Waals surface area contributed by atoms with Gasteiger partial charge in [-0.1, -0.05) is 39.3 Å². The molecular weight excluding hydrogens is 286 g/mol. The Labute approximate surface area is 107 Å². The summed E-state index contributed by atoms with van der Waals surface area (Å²) < 4.78 is 5.97. The third-order valence-electron chi connectivity index (χ3n) is 2.30. The highest BCUT2D eigenvalue weighted by atomic mass is 79.9. The van der Waals surface area contributed by atoms with Gasteiger partial charge >= 0.3 is 0 Å². The summed E-state index contributed by atoms with van der Waals surface area (Å²) in [7, 11) is 0. The van der Waals surface area contributed by atoms with Crippen LogP contribution in [0.4, 0.5) is 0 Å². The molecule has 1 aromatic carbocycles. The van der Waals surface area contributed by atoms with E-state index in [0.29, 0.717) is 12.2 Å². The van der Waals surface area contributed by atoms with Crippen molar-refractivity contribution < 1.29 is 9.63 Å². The number of rotatable bonds is 4. The molecule has 90 valence electrons. The molecule has 1 aromatic heterocycles. The van der Waals surface area contributed by atoms with Crippen molar-refractivity contribution in [2.45, 2.75) is 12.5 Å². The normalized spacial score (nSPS) is 12.6. The largest absolute Gasteiger partial charge is 0.394 e. The second-order valence-electron chi connectivity index (χ2n) is 3.61. The van der Waals surface area contributed by atoms with Crippen LogP contribution < -0.4 is 5.73 Å². The lowest BCUT2D eigenvalue weighted by molar-refractivity contribution is 0.236. The van der Waals surface area contributed by atoms with Crippen molar-refractivity contribution >= 4 is 15.9 Å². The predicted molar refractivity (Wildman–Crippen MR) is 65.3 cm³/mol. The molecule has 5 nitrogen and oxygen atoms in total. The van der Waals surface area contributed by atoms with Crippen molar-refractivity contribution in [3.8, 4) is 0 Å². The Kier molecular flexibility index (Phi) is 3.88. The first kappa shape index (κ1) is 12.2. The summed E-state index contributed by atoms with van der Waals surface area (Å²) in [6.07, 6.45) is 0.559. The van der Waals surface area contributed by atoms with Gasteiger partial charge in [-0.15, -0.1) is 0 Å². The van der Waals surface area contributed by atoms with Gasteiger partial charge in [0.15, 0.2) is 5.82 Å². The number of aromatic nitrogens is 2. The van der Waals surface area contributed by atoms with E-state index < -0.39 is 6.04 Å². The summed E-state index contributed by atoms with van der Waals surface area (Å²) in [6, 6.07) is 7.20. The fraction of sp³-hybridized carbons (Fsp3) is 0.273. The maximum absolute atomic E-state index is 8.87. The number of halogens is 1. The van der Waals surface area contributed by atoms with Crippen LogP contribution in [0.15, 0.2) is 33.3 Å².